The molecule has 94 valence electrons. The number of aryl methyl sites for hydroxylation is 1. The van der Waals surface area contributed by atoms with E-state index in [2.05, 4.69) is 26.7 Å². The van der Waals surface area contributed by atoms with Crippen molar-refractivity contribution < 1.29 is 0 Å². The third kappa shape index (κ3) is 2.85. The Labute approximate surface area is 103 Å². The minimum Gasteiger partial charge on any atom is -0.384 e. The molecule has 2 heterocycles. The Hall–Kier alpha value is -1.36. The van der Waals surface area contributed by atoms with E-state index in [-0.39, 0.29) is 0 Å². The molecule has 2 rings (SSSR count). The predicted molar refractivity (Wildman–Crippen MR) is 70.1 cm³/mol. The first-order valence-electron chi connectivity index (χ1n) is 6.33. The van der Waals surface area contributed by atoms with Crippen LogP contribution in [0.5, 0.6) is 0 Å². The lowest BCUT2D eigenvalue weighted by Crippen LogP contribution is -2.46. The molecule has 1 aromatic heterocycles. The fourth-order valence-corrected chi connectivity index (χ4v) is 2.12. The molecular weight excluding hydrogens is 214 g/mol. The maximum atomic E-state index is 5.81. The van der Waals surface area contributed by atoms with Gasteiger partial charge in [-0.2, -0.15) is 0 Å². The van der Waals surface area contributed by atoms with Gasteiger partial charge in [-0.15, -0.1) is 0 Å². The maximum Gasteiger partial charge on any atom is 0.134 e. The zero-order valence-electron chi connectivity index (χ0n) is 10.7. The van der Waals surface area contributed by atoms with Gasteiger partial charge in [-0.3, -0.25) is 0 Å². The Bertz CT molecular complexity index is 371. The van der Waals surface area contributed by atoms with Crippen LogP contribution in [0, 0.1) is 0 Å². The van der Waals surface area contributed by atoms with Crippen LogP contribution in [-0.4, -0.2) is 47.6 Å². The summed E-state index contributed by atoms with van der Waals surface area (Å²) in [6, 6.07) is 1.88. The van der Waals surface area contributed by atoms with Crippen molar-refractivity contribution in [2.45, 2.75) is 20.3 Å². The first kappa shape index (κ1) is 12.1. The van der Waals surface area contributed by atoms with Crippen LogP contribution in [0.25, 0.3) is 0 Å². The van der Waals surface area contributed by atoms with Gasteiger partial charge in [0.15, 0.2) is 0 Å². The lowest BCUT2D eigenvalue weighted by atomic mass is 10.3. The zero-order chi connectivity index (χ0) is 12.3. The molecule has 0 aromatic carbocycles. The summed E-state index contributed by atoms with van der Waals surface area (Å²) in [7, 11) is 0. The van der Waals surface area contributed by atoms with Gasteiger partial charge >= 0.3 is 0 Å². The average molecular weight is 235 g/mol. The molecule has 1 saturated heterocycles. The Morgan fingerprint density at radius 3 is 2.47 bits per heavy atom. The summed E-state index contributed by atoms with van der Waals surface area (Å²) in [4.78, 5) is 13.5. The summed E-state index contributed by atoms with van der Waals surface area (Å²) in [6.45, 7) is 9.62. The van der Waals surface area contributed by atoms with Crippen molar-refractivity contribution in [3.63, 3.8) is 0 Å². The molecule has 5 nitrogen and oxygen atoms in total. The van der Waals surface area contributed by atoms with Crippen LogP contribution in [-0.2, 0) is 6.42 Å². The van der Waals surface area contributed by atoms with Crippen molar-refractivity contribution >= 4 is 11.6 Å². The number of nitrogen functional groups attached to an aromatic ring is 1. The molecule has 0 radical (unpaired) electrons. The van der Waals surface area contributed by atoms with Gasteiger partial charge in [0.2, 0.25) is 0 Å². The van der Waals surface area contributed by atoms with Crippen molar-refractivity contribution in [3.8, 4) is 0 Å². The number of rotatable bonds is 3. The molecule has 2 N–H and O–H groups in total. The minimum absolute atomic E-state index is 0.574. The van der Waals surface area contributed by atoms with Gasteiger partial charge in [0, 0.05) is 38.7 Å². The number of anilines is 2. The maximum absolute atomic E-state index is 5.81. The summed E-state index contributed by atoms with van der Waals surface area (Å²) >= 11 is 0. The molecule has 1 aromatic rings. The van der Waals surface area contributed by atoms with Crippen LogP contribution in [0.15, 0.2) is 6.07 Å². The summed E-state index contributed by atoms with van der Waals surface area (Å²) < 4.78 is 0. The van der Waals surface area contributed by atoms with E-state index in [4.69, 9.17) is 5.73 Å². The van der Waals surface area contributed by atoms with Crippen molar-refractivity contribution in [3.05, 3.63) is 11.9 Å². The zero-order valence-corrected chi connectivity index (χ0v) is 10.7. The molecular formula is C12H21N5. The minimum atomic E-state index is 0.574. The van der Waals surface area contributed by atoms with E-state index in [1.54, 1.807) is 0 Å². The van der Waals surface area contributed by atoms with E-state index < -0.39 is 0 Å². The number of nitrogens with zero attached hydrogens (tertiary/aromatic N) is 4. The molecule has 1 aliphatic rings. The first-order chi connectivity index (χ1) is 8.22. The highest BCUT2D eigenvalue weighted by molar-refractivity contribution is 5.47. The number of piperazine rings is 1. The predicted octanol–water partition coefficient (Wildman–Crippen LogP) is 0.763. The van der Waals surface area contributed by atoms with E-state index >= 15 is 0 Å². The lowest BCUT2D eigenvalue weighted by molar-refractivity contribution is 0.270. The second-order valence-electron chi connectivity index (χ2n) is 4.34. The quantitative estimate of drug-likeness (QED) is 0.838. The Balaban J connectivity index is 2.10. The molecule has 0 saturated carbocycles. The van der Waals surface area contributed by atoms with Crippen LogP contribution < -0.4 is 10.6 Å². The second kappa shape index (κ2) is 5.31. The molecule has 0 atom stereocenters. The van der Waals surface area contributed by atoms with E-state index in [0.29, 0.717) is 5.82 Å². The van der Waals surface area contributed by atoms with Crippen LogP contribution in [0.1, 0.15) is 19.7 Å². The Morgan fingerprint density at radius 2 is 1.88 bits per heavy atom. The molecule has 1 fully saturated rings. The van der Waals surface area contributed by atoms with Crippen LogP contribution in [0.4, 0.5) is 11.6 Å². The highest BCUT2D eigenvalue weighted by Gasteiger charge is 2.17. The van der Waals surface area contributed by atoms with Gasteiger partial charge in [0.05, 0.1) is 0 Å². The molecule has 1 aliphatic heterocycles. The fourth-order valence-electron chi connectivity index (χ4n) is 2.12. The molecule has 0 amide bonds. The van der Waals surface area contributed by atoms with Crippen molar-refractivity contribution in [1.82, 2.24) is 14.9 Å². The lowest BCUT2D eigenvalue weighted by Gasteiger charge is -2.34. The van der Waals surface area contributed by atoms with Gasteiger partial charge in [-0.25, -0.2) is 9.97 Å². The van der Waals surface area contributed by atoms with Crippen LogP contribution >= 0.6 is 0 Å². The fraction of sp³-hybridized carbons (Fsp3) is 0.667. The number of likely N-dealkylation sites (N-methyl/N-ethyl adjacent to an activating group) is 1. The molecule has 0 spiro atoms. The van der Waals surface area contributed by atoms with E-state index in [0.717, 1.165) is 50.8 Å². The van der Waals surface area contributed by atoms with Gasteiger partial charge in [-0.1, -0.05) is 13.8 Å². The number of aromatic nitrogens is 2. The summed E-state index contributed by atoms with van der Waals surface area (Å²) in [5, 5.41) is 0. The second-order valence-corrected chi connectivity index (χ2v) is 4.34. The molecule has 17 heavy (non-hydrogen) atoms. The van der Waals surface area contributed by atoms with Crippen molar-refractivity contribution in [1.29, 1.82) is 0 Å². The van der Waals surface area contributed by atoms with E-state index in [1.807, 2.05) is 13.0 Å². The standard InChI is InChI=1S/C12H21N5/c1-3-11-14-10(13)9-12(15-11)17-7-5-16(4-2)6-8-17/h9H,3-8H2,1-2H3,(H2,13,14,15). The van der Waals surface area contributed by atoms with E-state index in [9.17, 15) is 0 Å². The van der Waals surface area contributed by atoms with Gasteiger partial charge in [0.1, 0.15) is 17.5 Å². The number of hydrogen-bond donors (Lipinski definition) is 1. The molecule has 0 aliphatic carbocycles. The van der Waals surface area contributed by atoms with E-state index in [1.165, 1.54) is 0 Å². The van der Waals surface area contributed by atoms with Crippen LogP contribution in [0.2, 0.25) is 0 Å². The highest BCUT2D eigenvalue weighted by atomic mass is 15.3. The first-order valence-corrected chi connectivity index (χ1v) is 6.33. The van der Waals surface area contributed by atoms with Crippen molar-refractivity contribution in [2.24, 2.45) is 0 Å². The average Bonchev–Trinajstić information content (AvgIpc) is 2.38. The third-order valence-electron chi connectivity index (χ3n) is 3.24. The highest BCUT2D eigenvalue weighted by Crippen LogP contribution is 2.16. The number of hydrogen-bond acceptors (Lipinski definition) is 5. The molecule has 0 bridgehead atoms. The normalized spacial score (nSPS) is 17.4. The monoisotopic (exact) mass is 235 g/mol. The summed E-state index contributed by atoms with van der Waals surface area (Å²) in [5.74, 6) is 2.38. The van der Waals surface area contributed by atoms with Crippen LogP contribution in [0.3, 0.4) is 0 Å². The van der Waals surface area contributed by atoms with Gasteiger partial charge in [0.25, 0.3) is 0 Å². The number of nitrogens with two attached hydrogens (primary N) is 1. The van der Waals surface area contributed by atoms with Gasteiger partial charge in [-0.05, 0) is 6.54 Å². The SMILES string of the molecule is CCc1nc(N)cc(N2CCN(CC)CC2)n1. The largest absolute Gasteiger partial charge is 0.384 e. The summed E-state index contributed by atoms with van der Waals surface area (Å²) in [5.41, 5.74) is 5.81. The molecule has 5 heteroatoms. The summed E-state index contributed by atoms with van der Waals surface area (Å²) in [6.07, 6.45) is 0.826. The topological polar surface area (TPSA) is 58.3 Å². The Morgan fingerprint density at radius 1 is 1.18 bits per heavy atom. The van der Waals surface area contributed by atoms with Gasteiger partial charge < -0.3 is 15.5 Å². The third-order valence-corrected chi connectivity index (χ3v) is 3.24. The van der Waals surface area contributed by atoms with Crippen molar-refractivity contribution in [2.75, 3.05) is 43.4 Å². The Kier molecular flexibility index (Phi) is 3.78. The smallest absolute Gasteiger partial charge is 0.134 e. The molecule has 0 unspecified atom stereocenters.